The molecule has 0 radical (unpaired) electrons. The summed E-state index contributed by atoms with van der Waals surface area (Å²) < 4.78 is 0. The second-order valence-corrected chi connectivity index (χ2v) is 7.34. The van der Waals surface area contributed by atoms with Crippen LogP contribution in [0.1, 0.15) is 26.7 Å². The molecule has 0 aliphatic heterocycles. The third-order valence-corrected chi connectivity index (χ3v) is 1.46. The van der Waals surface area contributed by atoms with Gasteiger partial charge in [0.05, 0.1) is 0 Å². The van der Waals surface area contributed by atoms with Crippen LogP contribution in [0.4, 0.5) is 0 Å². The topological polar surface area (TPSA) is 0 Å². The van der Waals surface area contributed by atoms with E-state index in [4.69, 9.17) is 30.2 Å². The van der Waals surface area contributed by atoms with Crippen molar-refractivity contribution in [3.63, 3.8) is 0 Å². The molecule has 5 heteroatoms. The Kier molecular flexibility index (Phi) is 30.6. The first-order chi connectivity index (χ1) is 6.95. The van der Waals surface area contributed by atoms with Gasteiger partial charge >= 0.3 is 37.9 Å². The van der Waals surface area contributed by atoms with Gasteiger partial charge in [-0.2, -0.15) is 25.3 Å². The molecule has 0 spiro atoms. The third kappa shape index (κ3) is 49.8. The van der Waals surface area contributed by atoms with E-state index in [1.54, 1.807) is 0 Å². The summed E-state index contributed by atoms with van der Waals surface area (Å²) in [6.45, 7) is 14.3. The number of hydrogen-bond acceptors (Lipinski definition) is 2. The van der Waals surface area contributed by atoms with Crippen molar-refractivity contribution in [2.75, 3.05) is 11.5 Å². The summed E-state index contributed by atoms with van der Waals surface area (Å²) in [7, 11) is 9.87. The van der Waals surface area contributed by atoms with Crippen LogP contribution in [0, 0.1) is 13.2 Å². The molecular weight excluding hydrogens is 346 g/mol. The van der Waals surface area contributed by atoms with E-state index in [2.05, 4.69) is 25.3 Å². The van der Waals surface area contributed by atoms with Crippen LogP contribution in [0.5, 0.6) is 0 Å². The van der Waals surface area contributed by atoms with Gasteiger partial charge in [0.2, 0.25) is 0 Å². The SMILES string of the molecule is [CH-]=C(C)CCS.[CH-]=C(C)CCS.[Cl][Zr+2][Cl]. The summed E-state index contributed by atoms with van der Waals surface area (Å²) in [6.07, 6.45) is 1.87. The second kappa shape index (κ2) is 21.0. The van der Waals surface area contributed by atoms with Crippen LogP contribution in [0.25, 0.3) is 0 Å². The van der Waals surface area contributed by atoms with Gasteiger partial charge in [0.15, 0.2) is 0 Å². The zero-order valence-corrected chi connectivity index (χ0v) is 14.9. The molecule has 0 aromatic rings. The summed E-state index contributed by atoms with van der Waals surface area (Å²) in [5, 5.41) is 0. The summed E-state index contributed by atoms with van der Waals surface area (Å²) in [6, 6.07) is 0. The molecule has 0 N–H and O–H groups in total. The predicted octanol–water partition coefficient (Wildman–Crippen LogP) is 4.75. The molecule has 0 bridgehead atoms. The molecule has 0 aliphatic rings. The van der Waals surface area contributed by atoms with Gasteiger partial charge < -0.3 is 13.2 Å². The van der Waals surface area contributed by atoms with Crippen molar-refractivity contribution in [1.29, 1.82) is 0 Å². The van der Waals surface area contributed by atoms with Gasteiger partial charge in [0.1, 0.15) is 0 Å². The first kappa shape index (κ1) is 21.9. The Morgan fingerprint density at radius 3 is 1.20 bits per heavy atom. The number of hydrogen-bond donors (Lipinski definition) is 2. The van der Waals surface area contributed by atoms with Gasteiger partial charge in [0, 0.05) is 0 Å². The Bertz CT molecular complexity index is 136. The number of thiol groups is 2. The van der Waals surface area contributed by atoms with Gasteiger partial charge in [-0.05, 0) is 11.5 Å². The Balaban J connectivity index is -0.000000153. The van der Waals surface area contributed by atoms with E-state index in [0.717, 1.165) is 35.5 Å². The second-order valence-electron chi connectivity index (χ2n) is 2.71. The van der Waals surface area contributed by atoms with Crippen molar-refractivity contribution in [2.45, 2.75) is 26.7 Å². The first-order valence-corrected chi connectivity index (χ1v) is 11.9. The maximum atomic E-state index is 5.27. The summed E-state index contributed by atoms with van der Waals surface area (Å²) in [5.41, 5.74) is 1.93. The van der Waals surface area contributed by atoms with Crippen molar-refractivity contribution < 1.29 is 20.8 Å². The molecule has 0 amide bonds. The fourth-order valence-electron chi connectivity index (χ4n) is 0.353. The Morgan fingerprint density at radius 2 is 1.20 bits per heavy atom. The Morgan fingerprint density at radius 1 is 1.00 bits per heavy atom. The summed E-state index contributed by atoms with van der Waals surface area (Å²) >= 11 is 7.09. The molecule has 0 aliphatic carbocycles. The first-order valence-electron chi connectivity index (χ1n) is 4.29. The average molecular weight is 365 g/mol. The number of rotatable bonds is 4. The molecule has 0 saturated heterocycles. The molecular formula is C10H18Cl2S2Zr. The standard InChI is InChI=1S/2C5H9S.2ClH.Zr/c2*1-5(2)3-4-6;;;/h2*1,6H,3-4H2,2H3;2*1H;/q2*-1;;;+4/p-2. The molecule has 88 valence electrons. The minimum absolute atomic E-state index is 0.826. The van der Waals surface area contributed by atoms with E-state index < -0.39 is 20.8 Å². The van der Waals surface area contributed by atoms with Crippen LogP contribution in [0.3, 0.4) is 0 Å². The van der Waals surface area contributed by atoms with Gasteiger partial charge in [0.25, 0.3) is 0 Å². The van der Waals surface area contributed by atoms with Gasteiger partial charge in [-0.1, -0.05) is 26.7 Å². The molecule has 0 saturated carbocycles. The fraction of sp³-hybridized carbons (Fsp3) is 0.600. The van der Waals surface area contributed by atoms with Crippen molar-refractivity contribution in [3.8, 4) is 0 Å². The van der Waals surface area contributed by atoms with Crippen LogP contribution in [0.15, 0.2) is 11.1 Å². The molecule has 0 atom stereocenters. The minimum atomic E-state index is -0.826. The maximum absolute atomic E-state index is 5.27. The molecule has 15 heavy (non-hydrogen) atoms. The quantitative estimate of drug-likeness (QED) is 0.522. The summed E-state index contributed by atoms with van der Waals surface area (Å²) in [5.74, 6) is 1.73. The zero-order valence-electron chi connectivity index (χ0n) is 9.13. The van der Waals surface area contributed by atoms with Crippen LogP contribution >= 0.6 is 42.3 Å². The van der Waals surface area contributed by atoms with E-state index in [0.29, 0.717) is 0 Å². The van der Waals surface area contributed by atoms with E-state index in [-0.39, 0.29) is 0 Å². The van der Waals surface area contributed by atoms with Crippen molar-refractivity contribution in [1.82, 2.24) is 0 Å². The van der Waals surface area contributed by atoms with E-state index >= 15 is 0 Å². The van der Waals surface area contributed by atoms with Crippen molar-refractivity contribution in [3.05, 3.63) is 24.3 Å². The predicted molar refractivity (Wildman–Crippen MR) is 75.6 cm³/mol. The third-order valence-electron chi connectivity index (χ3n) is 1.01. The van der Waals surface area contributed by atoms with Crippen molar-refractivity contribution in [2.24, 2.45) is 0 Å². The molecule has 0 aromatic carbocycles. The molecule has 0 fully saturated rings. The van der Waals surface area contributed by atoms with Gasteiger partial charge in [-0.25, -0.2) is 0 Å². The average Bonchev–Trinajstić information content (AvgIpc) is 2.05. The van der Waals surface area contributed by atoms with Crippen LogP contribution in [0.2, 0.25) is 0 Å². The Labute approximate surface area is 124 Å². The molecule has 0 heterocycles. The number of allylic oxidation sites excluding steroid dienone is 2. The molecule has 0 rings (SSSR count). The fourth-order valence-corrected chi connectivity index (χ4v) is 1.06. The van der Waals surface area contributed by atoms with Crippen molar-refractivity contribution >= 4 is 42.3 Å². The monoisotopic (exact) mass is 362 g/mol. The number of halogens is 2. The summed E-state index contributed by atoms with van der Waals surface area (Å²) in [4.78, 5) is 0. The molecule has 0 aromatic heterocycles. The van der Waals surface area contributed by atoms with Crippen LogP contribution < -0.4 is 0 Å². The molecule has 0 nitrogen and oxygen atoms in total. The van der Waals surface area contributed by atoms with Crippen LogP contribution in [-0.4, -0.2) is 11.5 Å². The normalized spacial score (nSPS) is 7.33. The Hall–Kier alpha value is 1.64. The van der Waals surface area contributed by atoms with Gasteiger partial charge in [-0.15, -0.1) is 0 Å². The van der Waals surface area contributed by atoms with Gasteiger partial charge in [-0.3, -0.25) is 11.1 Å². The zero-order chi connectivity index (χ0) is 12.7. The van der Waals surface area contributed by atoms with Crippen LogP contribution in [-0.2, 0) is 20.8 Å². The van der Waals surface area contributed by atoms with E-state index in [9.17, 15) is 0 Å². The van der Waals surface area contributed by atoms with E-state index in [1.807, 2.05) is 13.8 Å². The molecule has 0 unspecified atom stereocenters. The van der Waals surface area contributed by atoms with E-state index in [1.165, 1.54) is 0 Å².